The van der Waals surface area contributed by atoms with E-state index in [4.69, 9.17) is 4.74 Å². The van der Waals surface area contributed by atoms with Crippen LogP contribution in [0.15, 0.2) is 24.3 Å². The predicted molar refractivity (Wildman–Crippen MR) is 122 cm³/mol. The molecule has 3 N–H and O–H groups in total. The van der Waals surface area contributed by atoms with Gasteiger partial charge in [0, 0.05) is 11.6 Å². The highest BCUT2D eigenvalue weighted by atomic mass is 16.6. The van der Waals surface area contributed by atoms with Gasteiger partial charge in [-0.1, -0.05) is 29.8 Å². The molecule has 7 heteroatoms. The number of likely N-dealkylation sites (N-methyl/N-ethyl adjacent to an activating group) is 1. The van der Waals surface area contributed by atoms with Gasteiger partial charge in [0.2, 0.25) is 5.91 Å². The Morgan fingerprint density at radius 2 is 1.90 bits per heavy atom. The topological polar surface area (TPSA) is 90.9 Å². The van der Waals surface area contributed by atoms with Crippen LogP contribution in [0.1, 0.15) is 57.6 Å². The summed E-state index contributed by atoms with van der Waals surface area (Å²) in [5.41, 5.74) is 1.98. The molecule has 1 aromatic carbocycles. The molecule has 7 nitrogen and oxygen atoms in total. The number of nitrogens with zero attached hydrogens (tertiary/aromatic N) is 1. The van der Waals surface area contributed by atoms with Gasteiger partial charge in [0.15, 0.2) is 0 Å². The van der Waals surface area contributed by atoms with E-state index in [1.165, 1.54) is 11.1 Å². The summed E-state index contributed by atoms with van der Waals surface area (Å²) in [6, 6.07) is 7.64. The lowest BCUT2D eigenvalue weighted by Crippen LogP contribution is -2.55. The molecule has 2 amide bonds. The smallest absolute Gasteiger partial charge is 0.408 e. The van der Waals surface area contributed by atoms with Crippen molar-refractivity contribution in [3.63, 3.8) is 0 Å². The molecule has 0 radical (unpaired) electrons. The van der Waals surface area contributed by atoms with Crippen LogP contribution in [-0.2, 0) is 16.0 Å². The van der Waals surface area contributed by atoms with E-state index < -0.39 is 24.3 Å². The second kappa shape index (κ2) is 10.5. The molecule has 2 rings (SSSR count). The Balaban J connectivity index is 1.94. The SMILES string of the molecule is Cc1cccc(CC2(N(C)C)CCC(NC(=O)C(CO)NC(=O)OC(C)(C)C)CC2)c1. The fourth-order valence-electron chi connectivity index (χ4n) is 4.23. The van der Waals surface area contributed by atoms with Gasteiger partial charge in [-0.3, -0.25) is 4.79 Å². The minimum absolute atomic E-state index is 0.0209. The van der Waals surface area contributed by atoms with Gasteiger partial charge in [-0.2, -0.15) is 0 Å². The number of benzene rings is 1. The number of carbonyl (C=O) groups excluding carboxylic acids is 2. The van der Waals surface area contributed by atoms with Crippen molar-refractivity contribution in [1.29, 1.82) is 0 Å². The van der Waals surface area contributed by atoms with Crippen LogP contribution in [0, 0.1) is 6.92 Å². The van der Waals surface area contributed by atoms with Crippen LogP contribution in [-0.4, -0.2) is 65.9 Å². The summed E-state index contributed by atoms with van der Waals surface area (Å²) in [6.45, 7) is 6.87. The van der Waals surface area contributed by atoms with E-state index in [2.05, 4.69) is 60.8 Å². The fourth-order valence-corrected chi connectivity index (χ4v) is 4.23. The molecule has 1 aliphatic carbocycles. The molecule has 1 saturated carbocycles. The number of alkyl carbamates (subject to hydrolysis) is 1. The number of amides is 2. The number of nitrogens with one attached hydrogen (secondary N) is 2. The van der Waals surface area contributed by atoms with Crippen molar-refractivity contribution in [2.24, 2.45) is 0 Å². The van der Waals surface area contributed by atoms with Gasteiger partial charge >= 0.3 is 6.09 Å². The monoisotopic (exact) mass is 433 g/mol. The summed E-state index contributed by atoms with van der Waals surface area (Å²) in [5, 5.41) is 15.0. The number of hydrogen-bond donors (Lipinski definition) is 3. The maximum absolute atomic E-state index is 12.6. The number of aryl methyl sites for hydroxylation is 1. The minimum atomic E-state index is -1.03. The Labute approximate surface area is 186 Å². The van der Waals surface area contributed by atoms with Crippen molar-refractivity contribution in [1.82, 2.24) is 15.5 Å². The molecule has 0 heterocycles. The van der Waals surface area contributed by atoms with Crippen LogP contribution in [0.25, 0.3) is 0 Å². The predicted octanol–water partition coefficient (Wildman–Crippen LogP) is 2.78. The van der Waals surface area contributed by atoms with Crippen molar-refractivity contribution in [2.75, 3.05) is 20.7 Å². The molecule has 31 heavy (non-hydrogen) atoms. The molecule has 0 saturated heterocycles. The van der Waals surface area contributed by atoms with E-state index in [0.29, 0.717) is 0 Å². The second-order valence-electron chi connectivity index (χ2n) is 9.95. The average molecular weight is 434 g/mol. The molecule has 1 aliphatic rings. The van der Waals surface area contributed by atoms with Crippen LogP contribution in [0.2, 0.25) is 0 Å². The highest BCUT2D eigenvalue weighted by Gasteiger charge is 2.38. The molecular formula is C24H39N3O4. The van der Waals surface area contributed by atoms with Crippen molar-refractivity contribution in [3.05, 3.63) is 35.4 Å². The molecule has 0 spiro atoms. The van der Waals surface area contributed by atoms with Gasteiger partial charge in [-0.25, -0.2) is 4.79 Å². The lowest BCUT2D eigenvalue weighted by atomic mass is 9.74. The zero-order valence-electron chi connectivity index (χ0n) is 19.8. The van der Waals surface area contributed by atoms with Crippen molar-refractivity contribution in [2.45, 2.75) is 83.0 Å². The first-order chi connectivity index (χ1) is 14.4. The van der Waals surface area contributed by atoms with Gasteiger partial charge in [-0.15, -0.1) is 0 Å². The highest BCUT2D eigenvalue weighted by molar-refractivity contribution is 5.86. The Bertz CT molecular complexity index is 749. The van der Waals surface area contributed by atoms with Crippen LogP contribution in [0.3, 0.4) is 0 Å². The van der Waals surface area contributed by atoms with Crippen molar-refractivity contribution >= 4 is 12.0 Å². The third-order valence-corrected chi connectivity index (χ3v) is 6.02. The quantitative estimate of drug-likeness (QED) is 0.615. The van der Waals surface area contributed by atoms with Gasteiger partial charge in [0.05, 0.1) is 6.61 Å². The van der Waals surface area contributed by atoms with Crippen LogP contribution in [0.4, 0.5) is 4.79 Å². The normalized spacial score (nSPS) is 22.6. The number of carbonyl (C=O) groups is 2. The van der Waals surface area contributed by atoms with E-state index in [0.717, 1.165) is 32.1 Å². The van der Waals surface area contributed by atoms with E-state index in [1.807, 2.05) is 0 Å². The molecular weight excluding hydrogens is 394 g/mol. The van der Waals surface area contributed by atoms with Gasteiger partial charge in [-0.05, 0) is 79.5 Å². The maximum Gasteiger partial charge on any atom is 0.408 e. The second-order valence-corrected chi connectivity index (χ2v) is 9.95. The summed E-state index contributed by atoms with van der Waals surface area (Å²) < 4.78 is 5.18. The summed E-state index contributed by atoms with van der Waals surface area (Å²) in [4.78, 5) is 26.9. The molecule has 0 bridgehead atoms. The summed E-state index contributed by atoms with van der Waals surface area (Å²) in [7, 11) is 4.25. The third-order valence-electron chi connectivity index (χ3n) is 6.02. The highest BCUT2D eigenvalue weighted by Crippen LogP contribution is 2.35. The Morgan fingerprint density at radius 1 is 1.26 bits per heavy atom. The lowest BCUT2D eigenvalue weighted by Gasteiger charge is -2.45. The number of ether oxygens (including phenoxy) is 1. The summed E-state index contributed by atoms with van der Waals surface area (Å²) >= 11 is 0. The Morgan fingerprint density at radius 3 is 2.42 bits per heavy atom. The number of aliphatic hydroxyl groups is 1. The van der Waals surface area contributed by atoms with Gasteiger partial charge < -0.3 is 25.4 Å². The first kappa shape index (κ1) is 25.1. The van der Waals surface area contributed by atoms with E-state index in [9.17, 15) is 14.7 Å². The zero-order valence-corrected chi connectivity index (χ0v) is 19.8. The molecule has 1 unspecified atom stereocenters. The van der Waals surface area contributed by atoms with E-state index >= 15 is 0 Å². The van der Waals surface area contributed by atoms with Crippen LogP contribution < -0.4 is 10.6 Å². The van der Waals surface area contributed by atoms with Crippen LogP contribution >= 0.6 is 0 Å². The molecule has 1 fully saturated rings. The number of rotatable bonds is 7. The molecule has 0 aliphatic heterocycles. The van der Waals surface area contributed by atoms with Crippen molar-refractivity contribution in [3.8, 4) is 0 Å². The fraction of sp³-hybridized carbons (Fsp3) is 0.667. The van der Waals surface area contributed by atoms with E-state index in [-0.39, 0.29) is 17.5 Å². The molecule has 0 aromatic heterocycles. The minimum Gasteiger partial charge on any atom is -0.444 e. The molecule has 1 atom stereocenters. The maximum atomic E-state index is 12.6. The number of aliphatic hydroxyl groups excluding tert-OH is 1. The zero-order chi connectivity index (χ0) is 23.2. The molecule has 1 aromatic rings. The molecule has 174 valence electrons. The third kappa shape index (κ3) is 7.51. The summed E-state index contributed by atoms with van der Waals surface area (Å²) in [5.74, 6) is -0.380. The van der Waals surface area contributed by atoms with Crippen molar-refractivity contribution < 1.29 is 19.4 Å². The summed E-state index contributed by atoms with van der Waals surface area (Å²) in [6.07, 6.45) is 3.88. The Hall–Kier alpha value is -2.12. The largest absolute Gasteiger partial charge is 0.444 e. The number of hydrogen-bond acceptors (Lipinski definition) is 5. The van der Waals surface area contributed by atoms with Gasteiger partial charge in [0.25, 0.3) is 0 Å². The van der Waals surface area contributed by atoms with Gasteiger partial charge in [0.1, 0.15) is 11.6 Å². The van der Waals surface area contributed by atoms with Crippen LogP contribution in [0.5, 0.6) is 0 Å². The Kier molecular flexibility index (Phi) is 8.49. The lowest BCUT2D eigenvalue weighted by molar-refractivity contribution is -0.125. The first-order valence-corrected chi connectivity index (χ1v) is 11.1. The average Bonchev–Trinajstić information content (AvgIpc) is 2.66. The first-order valence-electron chi connectivity index (χ1n) is 11.1. The standard InChI is InChI=1S/C24H39N3O4/c1-17-8-7-9-18(14-17)15-24(27(5)6)12-10-19(11-13-24)25-21(29)20(16-28)26-22(30)31-23(2,3)4/h7-9,14,19-20,28H,10-13,15-16H2,1-6H3,(H,25,29)(H,26,30). The van der Waals surface area contributed by atoms with E-state index in [1.54, 1.807) is 20.8 Å².